The third-order valence-corrected chi connectivity index (χ3v) is 4.56. The molecule has 1 aliphatic carbocycles. The minimum Gasteiger partial charge on any atom is -0.306 e. The van der Waals surface area contributed by atoms with Crippen molar-refractivity contribution in [2.45, 2.75) is 37.4 Å². The van der Waals surface area contributed by atoms with Crippen LogP contribution >= 0.6 is 0 Å². The molecule has 1 aromatic rings. The number of rotatable bonds is 3. The molecule has 2 rings (SSSR count). The molecule has 0 amide bonds. The van der Waals surface area contributed by atoms with Crippen LogP contribution in [0.2, 0.25) is 0 Å². The zero-order chi connectivity index (χ0) is 16.3. The predicted molar refractivity (Wildman–Crippen MR) is 83.4 cm³/mol. The molecule has 0 aromatic heterocycles. The lowest BCUT2D eigenvalue weighted by molar-refractivity contribution is -0.137. The van der Waals surface area contributed by atoms with Crippen molar-refractivity contribution in [2.75, 3.05) is 21.1 Å². The van der Waals surface area contributed by atoms with E-state index in [2.05, 4.69) is 9.89 Å². The molecule has 0 N–H and O–H groups in total. The van der Waals surface area contributed by atoms with Crippen LogP contribution in [0, 0.1) is 5.92 Å². The van der Waals surface area contributed by atoms with Gasteiger partial charge >= 0.3 is 6.18 Å². The average Bonchev–Trinajstić information content (AvgIpc) is 2.47. The lowest BCUT2D eigenvalue weighted by Crippen LogP contribution is -2.40. The fourth-order valence-electron chi connectivity index (χ4n) is 3.40. The SMILES string of the molecule is C/N=C/C1CC[C@@H](c2cccc(C(F)(F)F)c2)C[C@@H]1N(C)C. The van der Waals surface area contributed by atoms with Gasteiger partial charge in [0.1, 0.15) is 0 Å². The Kier molecular flexibility index (Phi) is 5.27. The predicted octanol–water partition coefficient (Wildman–Crippen LogP) is 4.22. The first-order chi connectivity index (χ1) is 10.3. The molecule has 2 nitrogen and oxygen atoms in total. The molecule has 0 heterocycles. The van der Waals surface area contributed by atoms with Crippen LogP contribution in [0.1, 0.15) is 36.3 Å². The van der Waals surface area contributed by atoms with Gasteiger partial charge in [-0.2, -0.15) is 13.2 Å². The summed E-state index contributed by atoms with van der Waals surface area (Å²) in [6.07, 6.45) is 0.435. The van der Waals surface area contributed by atoms with Gasteiger partial charge in [0.25, 0.3) is 0 Å². The van der Waals surface area contributed by atoms with Crippen molar-refractivity contribution in [3.05, 3.63) is 35.4 Å². The van der Waals surface area contributed by atoms with E-state index in [1.165, 1.54) is 12.1 Å². The smallest absolute Gasteiger partial charge is 0.306 e. The molecule has 1 saturated carbocycles. The molecule has 0 spiro atoms. The Labute approximate surface area is 130 Å². The summed E-state index contributed by atoms with van der Waals surface area (Å²) in [6, 6.07) is 6.11. The van der Waals surface area contributed by atoms with Crippen molar-refractivity contribution in [2.24, 2.45) is 10.9 Å². The first-order valence-electron chi connectivity index (χ1n) is 7.58. The molecule has 22 heavy (non-hydrogen) atoms. The summed E-state index contributed by atoms with van der Waals surface area (Å²) in [7, 11) is 5.82. The number of alkyl halides is 3. The average molecular weight is 312 g/mol. The molecule has 5 heteroatoms. The van der Waals surface area contributed by atoms with Crippen LogP contribution in [-0.2, 0) is 6.18 Å². The van der Waals surface area contributed by atoms with Crippen molar-refractivity contribution < 1.29 is 13.2 Å². The minimum atomic E-state index is -4.27. The van der Waals surface area contributed by atoms with Crippen LogP contribution in [0.25, 0.3) is 0 Å². The number of nitrogens with zero attached hydrogens (tertiary/aromatic N) is 2. The third-order valence-electron chi connectivity index (χ3n) is 4.56. The van der Waals surface area contributed by atoms with E-state index >= 15 is 0 Å². The first-order valence-corrected chi connectivity index (χ1v) is 7.58. The van der Waals surface area contributed by atoms with Crippen LogP contribution in [0.4, 0.5) is 13.2 Å². The zero-order valence-corrected chi connectivity index (χ0v) is 13.3. The van der Waals surface area contributed by atoms with Gasteiger partial charge in [0, 0.05) is 25.2 Å². The number of hydrogen-bond acceptors (Lipinski definition) is 2. The number of benzene rings is 1. The highest BCUT2D eigenvalue weighted by Crippen LogP contribution is 2.39. The Morgan fingerprint density at radius 3 is 2.55 bits per heavy atom. The van der Waals surface area contributed by atoms with E-state index in [-0.39, 0.29) is 5.92 Å². The van der Waals surface area contributed by atoms with Crippen molar-refractivity contribution in [1.82, 2.24) is 4.90 Å². The van der Waals surface area contributed by atoms with Gasteiger partial charge in [-0.1, -0.05) is 18.2 Å². The lowest BCUT2D eigenvalue weighted by Gasteiger charge is -2.38. The highest BCUT2D eigenvalue weighted by atomic mass is 19.4. The second-order valence-corrected chi connectivity index (χ2v) is 6.24. The molecule has 0 bridgehead atoms. The quantitative estimate of drug-likeness (QED) is 0.763. The van der Waals surface area contributed by atoms with Gasteiger partial charge in [-0.3, -0.25) is 0 Å². The molecule has 122 valence electrons. The van der Waals surface area contributed by atoms with Crippen LogP contribution in [-0.4, -0.2) is 38.3 Å². The Hall–Kier alpha value is -1.36. The van der Waals surface area contributed by atoms with Crippen LogP contribution < -0.4 is 0 Å². The van der Waals surface area contributed by atoms with E-state index in [0.717, 1.165) is 30.9 Å². The molecule has 3 atom stereocenters. The maximum absolute atomic E-state index is 12.9. The maximum Gasteiger partial charge on any atom is 0.416 e. The number of halogens is 3. The van der Waals surface area contributed by atoms with E-state index in [9.17, 15) is 13.2 Å². The van der Waals surface area contributed by atoms with Crippen LogP contribution in [0.5, 0.6) is 0 Å². The second-order valence-electron chi connectivity index (χ2n) is 6.24. The van der Waals surface area contributed by atoms with Crippen molar-refractivity contribution in [3.8, 4) is 0 Å². The van der Waals surface area contributed by atoms with E-state index in [1.807, 2.05) is 26.4 Å². The Morgan fingerprint density at radius 2 is 1.95 bits per heavy atom. The van der Waals surface area contributed by atoms with Crippen LogP contribution in [0.15, 0.2) is 29.3 Å². The first kappa shape index (κ1) is 17.0. The largest absolute Gasteiger partial charge is 0.416 e. The van der Waals surface area contributed by atoms with Crippen molar-refractivity contribution in [3.63, 3.8) is 0 Å². The monoisotopic (exact) mass is 312 g/mol. The van der Waals surface area contributed by atoms with E-state index in [1.54, 1.807) is 7.05 Å². The Bertz CT molecular complexity index is 523. The summed E-state index contributed by atoms with van der Waals surface area (Å²) >= 11 is 0. The molecule has 1 aliphatic rings. The molecular formula is C17H23F3N2. The molecular weight excluding hydrogens is 289 g/mol. The van der Waals surface area contributed by atoms with E-state index in [4.69, 9.17) is 0 Å². The molecule has 1 fully saturated rings. The molecule has 1 aromatic carbocycles. The normalized spacial score (nSPS) is 26.8. The lowest BCUT2D eigenvalue weighted by atomic mass is 9.75. The summed E-state index contributed by atoms with van der Waals surface area (Å²) in [5.74, 6) is 0.554. The van der Waals surface area contributed by atoms with E-state index in [0.29, 0.717) is 12.0 Å². The molecule has 1 unspecified atom stereocenters. The second kappa shape index (κ2) is 6.82. The molecule has 0 saturated heterocycles. The summed E-state index contributed by atoms with van der Waals surface area (Å²) in [6.45, 7) is 0. The van der Waals surface area contributed by atoms with Crippen LogP contribution in [0.3, 0.4) is 0 Å². The van der Waals surface area contributed by atoms with Gasteiger partial charge in [0.15, 0.2) is 0 Å². The standard InChI is InChI=1S/C17H23F3N2/c1-21-11-14-8-7-13(10-16(14)22(2)3)12-5-4-6-15(9-12)17(18,19)20/h4-6,9,11,13-14,16H,7-8,10H2,1-3H3/b21-11+/t13-,14?,16+/m1/s1. The highest BCUT2D eigenvalue weighted by molar-refractivity contribution is 5.62. The van der Waals surface area contributed by atoms with Gasteiger partial charge in [0.05, 0.1) is 5.56 Å². The summed E-state index contributed by atoms with van der Waals surface area (Å²) in [4.78, 5) is 6.29. The Morgan fingerprint density at radius 1 is 1.23 bits per heavy atom. The minimum absolute atomic E-state index is 0.177. The highest BCUT2D eigenvalue weighted by Gasteiger charge is 2.34. The van der Waals surface area contributed by atoms with Gasteiger partial charge < -0.3 is 9.89 Å². The Balaban J connectivity index is 2.20. The maximum atomic E-state index is 12.9. The zero-order valence-electron chi connectivity index (χ0n) is 13.3. The van der Waals surface area contributed by atoms with Gasteiger partial charge in [-0.15, -0.1) is 0 Å². The van der Waals surface area contributed by atoms with Gasteiger partial charge in [-0.05, 0) is 50.9 Å². The number of aliphatic imine (C=N–C) groups is 1. The summed E-state index contributed by atoms with van der Waals surface area (Å²) < 4.78 is 38.6. The van der Waals surface area contributed by atoms with Crippen molar-refractivity contribution >= 4 is 6.21 Å². The van der Waals surface area contributed by atoms with E-state index < -0.39 is 11.7 Å². The fourth-order valence-corrected chi connectivity index (χ4v) is 3.40. The molecule has 0 aliphatic heterocycles. The van der Waals surface area contributed by atoms with Gasteiger partial charge in [0.2, 0.25) is 0 Å². The fraction of sp³-hybridized carbons (Fsp3) is 0.588. The number of hydrogen-bond donors (Lipinski definition) is 0. The van der Waals surface area contributed by atoms with Gasteiger partial charge in [-0.25, -0.2) is 0 Å². The van der Waals surface area contributed by atoms with Crippen molar-refractivity contribution in [1.29, 1.82) is 0 Å². The third kappa shape index (κ3) is 3.88. The topological polar surface area (TPSA) is 15.6 Å². The molecule has 0 radical (unpaired) electrons. The summed E-state index contributed by atoms with van der Waals surface area (Å²) in [5.41, 5.74) is 0.247. The summed E-state index contributed by atoms with van der Waals surface area (Å²) in [5, 5.41) is 0.